The third kappa shape index (κ3) is 5.23. The number of piperidine rings is 1. The van der Waals surface area contributed by atoms with Crippen molar-refractivity contribution in [3.8, 4) is 11.5 Å². The van der Waals surface area contributed by atoms with Crippen molar-refractivity contribution in [1.29, 1.82) is 0 Å². The fourth-order valence-electron chi connectivity index (χ4n) is 3.64. The number of carbonyl (C=O) groups is 1. The number of likely N-dealkylation sites (tertiary alicyclic amines) is 1. The van der Waals surface area contributed by atoms with Crippen molar-refractivity contribution in [2.45, 2.75) is 31.8 Å². The van der Waals surface area contributed by atoms with E-state index in [0.29, 0.717) is 19.0 Å². The van der Waals surface area contributed by atoms with Gasteiger partial charge in [-0.05, 0) is 60.6 Å². The quantitative estimate of drug-likeness (QED) is 0.821. The lowest BCUT2D eigenvalue weighted by molar-refractivity contribution is -0.141. The number of benzene rings is 2. The number of aliphatic hydroxyl groups is 1. The molecule has 0 saturated carbocycles. The first-order valence-electron chi connectivity index (χ1n) is 9.43. The lowest BCUT2D eigenvalue weighted by Gasteiger charge is -2.33. The van der Waals surface area contributed by atoms with Gasteiger partial charge in [-0.25, -0.2) is 0 Å². The van der Waals surface area contributed by atoms with Crippen LogP contribution in [-0.4, -0.2) is 47.3 Å². The van der Waals surface area contributed by atoms with Gasteiger partial charge in [0.15, 0.2) is 0 Å². The Bertz CT molecular complexity index is 751. The number of ether oxygens (including phenoxy) is 1. The molecule has 1 aliphatic rings. The Hall–Kier alpha value is -2.53. The van der Waals surface area contributed by atoms with Gasteiger partial charge in [-0.3, -0.25) is 4.79 Å². The van der Waals surface area contributed by atoms with Gasteiger partial charge in [0.25, 0.3) is 5.91 Å². The first kappa shape index (κ1) is 19.2. The number of hydrogen-bond acceptors (Lipinski definition) is 4. The van der Waals surface area contributed by atoms with E-state index in [-0.39, 0.29) is 18.1 Å². The Morgan fingerprint density at radius 1 is 1.15 bits per heavy atom. The summed E-state index contributed by atoms with van der Waals surface area (Å²) in [5.41, 5.74) is 2.09. The lowest BCUT2D eigenvalue weighted by atomic mass is 9.90. The topological polar surface area (TPSA) is 70.0 Å². The molecule has 1 saturated heterocycles. The molecule has 2 N–H and O–H groups in total. The zero-order valence-corrected chi connectivity index (χ0v) is 15.7. The molecule has 1 fully saturated rings. The highest BCUT2D eigenvalue weighted by molar-refractivity contribution is 5.81. The van der Waals surface area contributed by atoms with Gasteiger partial charge < -0.3 is 19.8 Å². The molecule has 2 aromatic carbocycles. The number of amides is 1. The van der Waals surface area contributed by atoms with Gasteiger partial charge in [-0.2, -0.15) is 0 Å². The fourth-order valence-corrected chi connectivity index (χ4v) is 3.64. The smallest absolute Gasteiger partial charge is 0.251 e. The molecular formula is C22H27NO4. The van der Waals surface area contributed by atoms with Crippen molar-refractivity contribution >= 4 is 5.91 Å². The number of aliphatic hydroxyl groups excluding tert-OH is 1. The van der Waals surface area contributed by atoms with Crippen LogP contribution < -0.4 is 4.74 Å². The molecule has 0 aromatic heterocycles. The van der Waals surface area contributed by atoms with Gasteiger partial charge in [0.05, 0.1) is 7.11 Å². The molecule has 1 amide bonds. The molecule has 0 aliphatic carbocycles. The summed E-state index contributed by atoms with van der Waals surface area (Å²) in [7, 11) is 1.67. The highest BCUT2D eigenvalue weighted by atomic mass is 16.5. The molecule has 0 radical (unpaired) electrons. The molecule has 0 bridgehead atoms. The standard InChI is InChI=1S/C22H27NO4/c1-27-20-4-2-3-18(14-20)13-17-9-11-23(12-10-17)22(26)21(25)15-16-5-7-19(24)8-6-16/h2-8,14,17,21,24-25H,9-13,15H2,1H3. The van der Waals surface area contributed by atoms with Crippen molar-refractivity contribution in [1.82, 2.24) is 4.90 Å². The number of nitrogens with zero attached hydrogens (tertiary/aromatic N) is 1. The van der Waals surface area contributed by atoms with E-state index in [1.807, 2.05) is 12.1 Å². The third-order valence-electron chi connectivity index (χ3n) is 5.24. The highest BCUT2D eigenvalue weighted by Crippen LogP contribution is 2.24. The Balaban J connectivity index is 1.49. The Morgan fingerprint density at radius 2 is 1.85 bits per heavy atom. The first-order valence-corrected chi connectivity index (χ1v) is 9.43. The van der Waals surface area contributed by atoms with E-state index in [1.165, 1.54) is 5.56 Å². The number of hydrogen-bond donors (Lipinski definition) is 2. The number of rotatable bonds is 6. The van der Waals surface area contributed by atoms with Crippen LogP contribution in [0, 0.1) is 5.92 Å². The molecule has 1 unspecified atom stereocenters. The third-order valence-corrected chi connectivity index (χ3v) is 5.24. The number of methoxy groups -OCH3 is 1. The fraction of sp³-hybridized carbons (Fsp3) is 0.409. The predicted octanol–water partition coefficient (Wildman–Crippen LogP) is 2.79. The maximum atomic E-state index is 12.5. The van der Waals surface area contributed by atoms with Crippen LogP contribution in [0.25, 0.3) is 0 Å². The van der Waals surface area contributed by atoms with Crippen LogP contribution in [-0.2, 0) is 17.6 Å². The Labute approximate surface area is 160 Å². The minimum atomic E-state index is -1.04. The predicted molar refractivity (Wildman–Crippen MR) is 104 cm³/mol. The van der Waals surface area contributed by atoms with Gasteiger partial charge in [-0.15, -0.1) is 0 Å². The molecule has 2 aromatic rings. The molecule has 1 heterocycles. The second kappa shape index (κ2) is 8.91. The molecule has 3 rings (SSSR count). The Morgan fingerprint density at radius 3 is 2.52 bits per heavy atom. The minimum absolute atomic E-state index is 0.178. The molecule has 27 heavy (non-hydrogen) atoms. The van der Waals surface area contributed by atoms with Crippen molar-refractivity contribution in [2.75, 3.05) is 20.2 Å². The van der Waals surface area contributed by atoms with Gasteiger partial charge >= 0.3 is 0 Å². The van der Waals surface area contributed by atoms with Crippen LogP contribution in [0.5, 0.6) is 11.5 Å². The first-order chi connectivity index (χ1) is 13.0. The SMILES string of the molecule is COc1cccc(CC2CCN(C(=O)C(O)Cc3ccc(O)cc3)CC2)c1. The van der Waals surface area contributed by atoms with Crippen LogP contribution in [0.2, 0.25) is 0 Å². The van der Waals surface area contributed by atoms with E-state index >= 15 is 0 Å². The van der Waals surface area contributed by atoms with Gasteiger partial charge in [-0.1, -0.05) is 24.3 Å². The van der Waals surface area contributed by atoms with E-state index < -0.39 is 6.10 Å². The van der Waals surface area contributed by atoms with Crippen molar-refractivity contribution in [2.24, 2.45) is 5.92 Å². The summed E-state index contributed by atoms with van der Waals surface area (Å²) in [6.07, 6.45) is 2.09. The van der Waals surface area contributed by atoms with Crippen molar-refractivity contribution in [3.05, 3.63) is 59.7 Å². The normalized spacial score (nSPS) is 16.1. The van der Waals surface area contributed by atoms with Gasteiger partial charge in [0.1, 0.15) is 17.6 Å². The highest BCUT2D eigenvalue weighted by Gasteiger charge is 2.27. The van der Waals surface area contributed by atoms with E-state index in [0.717, 1.165) is 30.6 Å². The molecule has 1 aliphatic heterocycles. The molecule has 1 atom stereocenters. The number of carbonyl (C=O) groups excluding carboxylic acids is 1. The minimum Gasteiger partial charge on any atom is -0.508 e. The molecule has 0 spiro atoms. The molecular weight excluding hydrogens is 342 g/mol. The average Bonchev–Trinajstić information content (AvgIpc) is 2.70. The van der Waals surface area contributed by atoms with Crippen LogP contribution in [0.1, 0.15) is 24.0 Å². The van der Waals surface area contributed by atoms with Crippen LogP contribution in [0.4, 0.5) is 0 Å². The van der Waals surface area contributed by atoms with Crippen LogP contribution >= 0.6 is 0 Å². The summed E-state index contributed by atoms with van der Waals surface area (Å²) in [5.74, 6) is 1.38. The molecule has 144 valence electrons. The number of phenols is 1. The average molecular weight is 369 g/mol. The second-order valence-corrected chi connectivity index (χ2v) is 7.21. The summed E-state index contributed by atoms with van der Waals surface area (Å²) in [6, 6.07) is 14.7. The molecule has 5 nitrogen and oxygen atoms in total. The number of aromatic hydroxyl groups is 1. The number of phenolic OH excluding ortho intramolecular Hbond substituents is 1. The second-order valence-electron chi connectivity index (χ2n) is 7.21. The summed E-state index contributed by atoms with van der Waals surface area (Å²) in [4.78, 5) is 14.3. The maximum absolute atomic E-state index is 12.5. The van der Waals surface area contributed by atoms with E-state index in [2.05, 4.69) is 12.1 Å². The maximum Gasteiger partial charge on any atom is 0.251 e. The summed E-state index contributed by atoms with van der Waals surface area (Å²) >= 11 is 0. The van der Waals surface area contributed by atoms with Crippen molar-refractivity contribution < 1.29 is 19.7 Å². The van der Waals surface area contributed by atoms with Gasteiger partial charge in [0.2, 0.25) is 0 Å². The largest absolute Gasteiger partial charge is 0.508 e. The zero-order valence-electron chi connectivity index (χ0n) is 15.7. The lowest BCUT2D eigenvalue weighted by Crippen LogP contribution is -2.44. The molecule has 5 heteroatoms. The van der Waals surface area contributed by atoms with Gasteiger partial charge in [0, 0.05) is 19.5 Å². The van der Waals surface area contributed by atoms with E-state index in [1.54, 1.807) is 36.3 Å². The zero-order chi connectivity index (χ0) is 19.2. The summed E-state index contributed by atoms with van der Waals surface area (Å²) in [6.45, 7) is 1.36. The summed E-state index contributed by atoms with van der Waals surface area (Å²) < 4.78 is 5.28. The van der Waals surface area contributed by atoms with Crippen LogP contribution in [0.15, 0.2) is 48.5 Å². The van der Waals surface area contributed by atoms with E-state index in [9.17, 15) is 15.0 Å². The monoisotopic (exact) mass is 369 g/mol. The Kier molecular flexibility index (Phi) is 6.35. The van der Waals surface area contributed by atoms with E-state index in [4.69, 9.17) is 4.74 Å². The van der Waals surface area contributed by atoms with Crippen molar-refractivity contribution in [3.63, 3.8) is 0 Å². The van der Waals surface area contributed by atoms with Crippen LogP contribution in [0.3, 0.4) is 0 Å². The summed E-state index contributed by atoms with van der Waals surface area (Å²) in [5, 5.41) is 19.6.